The molecule has 0 aromatic heterocycles. The van der Waals surface area contributed by atoms with Gasteiger partial charge in [0, 0.05) is 13.1 Å². The zero-order valence-corrected chi connectivity index (χ0v) is 28.0. The van der Waals surface area contributed by atoms with E-state index in [-0.39, 0.29) is 32.0 Å². The Labute approximate surface area is 270 Å². The number of esters is 2. The Morgan fingerprint density at radius 2 is 1.48 bits per heavy atom. The summed E-state index contributed by atoms with van der Waals surface area (Å²) in [6.07, 6.45) is 4.87. The predicted molar refractivity (Wildman–Crippen MR) is 166 cm³/mol. The van der Waals surface area contributed by atoms with Crippen LogP contribution in [0.1, 0.15) is 92.9 Å². The van der Waals surface area contributed by atoms with Crippen LogP contribution in [0.2, 0.25) is 0 Å². The molecule has 1 saturated heterocycles. The molecular formula is C32H51N5O9. The van der Waals surface area contributed by atoms with E-state index in [2.05, 4.69) is 21.3 Å². The average molecular weight is 650 g/mol. The van der Waals surface area contributed by atoms with E-state index >= 15 is 0 Å². The van der Waals surface area contributed by atoms with Crippen molar-refractivity contribution in [3.05, 3.63) is 0 Å². The molecule has 1 heterocycles. The molecule has 3 aliphatic rings. The minimum absolute atomic E-state index is 0.0924. The van der Waals surface area contributed by atoms with Crippen LogP contribution in [0.15, 0.2) is 0 Å². The fourth-order valence-electron chi connectivity index (χ4n) is 5.10. The highest BCUT2D eigenvalue weighted by atomic mass is 16.6. The van der Waals surface area contributed by atoms with Gasteiger partial charge >= 0.3 is 18.0 Å². The van der Waals surface area contributed by atoms with Gasteiger partial charge in [-0.3, -0.25) is 28.8 Å². The van der Waals surface area contributed by atoms with Gasteiger partial charge in [0.15, 0.2) is 0 Å². The van der Waals surface area contributed by atoms with Gasteiger partial charge in [0.25, 0.3) is 5.91 Å². The Morgan fingerprint density at radius 3 is 2.07 bits per heavy atom. The number of hydrogen-bond acceptors (Lipinski definition) is 9. The number of ketones is 1. The van der Waals surface area contributed by atoms with Crippen molar-refractivity contribution in [1.82, 2.24) is 26.2 Å². The summed E-state index contributed by atoms with van der Waals surface area (Å²) >= 11 is 0. The van der Waals surface area contributed by atoms with Crippen LogP contribution in [0.5, 0.6) is 0 Å². The predicted octanol–water partition coefficient (Wildman–Crippen LogP) is 1.35. The van der Waals surface area contributed by atoms with Crippen molar-refractivity contribution in [2.75, 3.05) is 26.2 Å². The van der Waals surface area contributed by atoms with Crippen molar-refractivity contribution in [3.63, 3.8) is 0 Å². The van der Waals surface area contributed by atoms with Crippen molar-refractivity contribution >= 4 is 41.5 Å². The number of likely N-dealkylation sites (tertiary alicyclic amines) is 1. The molecule has 5 amide bonds. The molecule has 14 heteroatoms. The Kier molecular flexibility index (Phi) is 12.6. The van der Waals surface area contributed by atoms with Crippen molar-refractivity contribution in [3.8, 4) is 0 Å². The van der Waals surface area contributed by atoms with E-state index < -0.39 is 70.6 Å². The highest BCUT2D eigenvalue weighted by molar-refractivity contribution is 6.38. The molecule has 0 aromatic carbocycles. The second kappa shape index (κ2) is 15.7. The van der Waals surface area contributed by atoms with Gasteiger partial charge in [-0.05, 0) is 70.1 Å². The number of ether oxygens (including phenoxy) is 2. The number of carbonyl (C=O) groups is 7. The lowest BCUT2D eigenvalue weighted by molar-refractivity contribution is -0.154. The molecule has 4 N–H and O–H groups in total. The minimum atomic E-state index is -1.08. The monoisotopic (exact) mass is 649 g/mol. The van der Waals surface area contributed by atoms with Crippen LogP contribution < -0.4 is 21.3 Å². The van der Waals surface area contributed by atoms with E-state index in [4.69, 9.17) is 9.47 Å². The van der Waals surface area contributed by atoms with Crippen molar-refractivity contribution in [2.45, 2.75) is 117 Å². The second-order valence-electron chi connectivity index (χ2n) is 14.6. The molecule has 0 bridgehead atoms. The molecular weight excluding hydrogens is 598 g/mol. The summed E-state index contributed by atoms with van der Waals surface area (Å²) in [5, 5.41) is 10.2. The topological polar surface area (TPSA) is 189 Å². The van der Waals surface area contributed by atoms with Crippen LogP contribution in [0.3, 0.4) is 0 Å². The van der Waals surface area contributed by atoms with Crippen LogP contribution in [0.4, 0.5) is 4.79 Å². The molecule has 3 unspecified atom stereocenters. The molecule has 258 valence electrons. The SMILES string of the molecule is CC(C)(C)OC(=O)CCNC(=O)C(=O)C(CC1CC1)NC(=O)C1CCCN1C(=O)C(NC(=O)NCC(=O)OCC1CC1)C(C)(C)C. The number of nitrogens with one attached hydrogen (secondary N) is 4. The number of hydrogen-bond donors (Lipinski definition) is 4. The van der Waals surface area contributed by atoms with E-state index in [0.717, 1.165) is 25.7 Å². The summed E-state index contributed by atoms with van der Waals surface area (Å²) in [7, 11) is 0. The molecule has 14 nitrogen and oxygen atoms in total. The smallest absolute Gasteiger partial charge is 0.325 e. The van der Waals surface area contributed by atoms with Gasteiger partial charge in [-0.2, -0.15) is 0 Å². The van der Waals surface area contributed by atoms with Crippen LogP contribution >= 0.6 is 0 Å². The molecule has 0 radical (unpaired) electrons. The maximum Gasteiger partial charge on any atom is 0.325 e. The standard InChI is InChI=1S/C32H51N5O9/c1-31(2,3)26(36-30(44)34-17-24(39)45-18-20-11-12-20)29(43)37-15-7-8-22(37)27(41)35-21(16-19-9-10-19)25(40)28(42)33-14-13-23(38)46-32(4,5)6/h19-22,26H,7-18H2,1-6H3,(H,33,42)(H,35,41)(H2,34,36,44). The number of amides is 5. The Balaban J connectivity index is 1.58. The molecule has 2 saturated carbocycles. The third-order valence-corrected chi connectivity index (χ3v) is 7.95. The highest BCUT2D eigenvalue weighted by Gasteiger charge is 2.43. The number of rotatable bonds is 15. The zero-order chi connectivity index (χ0) is 34.2. The molecule has 0 aromatic rings. The van der Waals surface area contributed by atoms with Gasteiger partial charge in [0.05, 0.1) is 19.1 Å². The first-order valence-electron chi connectivity index (χ1n) is 16.3. The van der Waals surface area contributed by atoms with Gasteiger partial charge < -0.3 is 35.6 Å². The van der Waals surface area contributed by atoms with Crippen molar-refractivity contribution < 1.29 is 43.0 Å². The summed E-state index contributed by atoms with van der Waals surface area (Å²) in [5.41, 5.74) is -1.42. The van der Waals surface area contributed by atoms with Gasteiger partial charge in [0.1, 0.15) is 24.2 Å². The maximum atomic E-state index is 13.8. The van der Waals surface area contributed by atoms with E-state index in [0.29, 0.717) is 31.8 Å². The number of nitrogens with zero attached hydrogens (tertiary/aromatic N) is 1. The third-order valence-electron chi connectivity index (χ3n) is 7.95. The van der Waals surface area contributed by atoms with Crippen LogP contribution in [-0.2, 0) is 38.2 Å². The van der Waals surface area contributed by atoms with E-state index in [9.17, 15) is 33.6 Å². The van der Waals surface area contributed by atoms with E-state index in [1.165, 1.54) is 4.90 Å². The first kappa shape index (κ1) is 36.8. The summed E-state index contributed by atoms with van der Waals surface area (Å²) in [5.74, 6) is -3.24. The lowest BCUT2D eigenvalue weighted by atomic mass is 9.85. The second-order valence-corrected chi connectivity index (χ2v) is 14.6. The Morgan fingerprint density at radius 1 is 0.826 bits per heavy atom. The number of urea groups is 1. The summed E-state index contributed by atoms with van der Waals surface area (Å²) in [6.45, 7) is 10.7. The fraction of sp³-hybridized carbons (Fsp3) is 0.781. The van der Waals surface area contributed by atoms with E-state index in [1.807, 2.05) is 0 Å². The van der Waals surface area contributed by atoms with Gasteiger partial charge in [-0.15, -0.1) is 0 Å². The Hall–Kier alpha value is -3.71. The van der Waals surface area contributed by atoms with Gasteiger partial charge in [0.2, 0.25) is 17.6 Å². The highest BCUT2D eigenvalue weighted by Crippen LogP contribution is 2.34. The average Bonchev–Trinajstić information content (AvgIpc) is 3.89. The molecule has 3 rings (SSSR count). The fourth-order valence-corrected chi connectivity index (χ4v) is 5.10. The van der Waals surface area contributed by atoms with Crippen LogP contribution in [0, 0.1) is 17.3 Å². The molecule has 3 fully saturated rings. The van der Waals surface area contributed by atoms with Crippen molar-refractivity contribution in [1.29, 1.82) is 0 Å². The van der Waals surface area contributed by atoms with Gasteiger partial charge in [-0.1, -0.05) is 33.6 Å². The number of carbonyl (C=O) groups excluding carboxylic acids is 7. The molecule has 1 aliphatic heterocycles. The van der Waals surface area contributed by atoms with Gasteiger partial charge in [-0.25, -0.2) is 4.79 Å². The largest absolute Gasteiger partial charge is 0.464 e. The zero-order valence-electron chi connectivity index (χ0n) is 28.0. The third kappa shape index (κ3) is 12.2. The molecule has 3 atom stereocenters. The van der Waals surface area contributed by atoms with Crippen LogP contribution in [-0.4, -0.2) is 96.3 Å². The summed E-state index contributed by atoms with van der Waals surface area (Å²) in [6, 6.07) is -3.72. The quantitative estimate of drug-likeness (QED) is 0.150. The summed E-state index contributed by atoms with van der Waals surface area (Å²) in [4.78, 5) is 91.1. The molecule has 0 spiro atoms. The normalized spacial score (nSPS) is 19.3. The first-order valence-corrected chi connectivity index (χ1v) is 16.3. The van der Waals surface area contributed by atoms with E-state index in [1.54, 1.807) is 41.5 Å². The first-order chi connectivity index (χ1) is 21.4. The summed E-state index contributed by atoms with van der Waals surface area (Å²) < 4.78 is 10.3. The van der Waals surface area contributed by atoms with Crippen molar-refractivity contribution in [2.24, 2.45) is 17.3 Å². The molecule has 46 heavy (non-hydrogen) atoms. The Bertz CT molecular complexity index is 1170. The number of Topliss-reactive ketones (excluding diaryl/α,β-unsaturated/α-hetero) is 1. The van der Waals surface area contributed by atoms with Crippen LogP contribution in [0.25, 0.3) is 0 Å². The lowest BCUT2D eigenvalue weighted by Crippen LogP contribution is -2.60. The molecule has 2 aliphatic carbocycles. The minimum Gasteiger partial charge on any atom is -0.464 e. The lowest BCUT2D eigenvalue weighted by Gasteiger charge is -2.35. The maximum absolute atomic E-state index is 13.8.